The Morgan fingerprint density at radius 3 is 2.60 bits per heavy atom. The Bertz CT molecular complexity index is 213. The zero-order valence-electron chi connectivity index (χ0n) is 10.2. The number of carbonyl (C=O) groups is 1. The molecule has 1 N–H and O–H groups in total. The molecule has 0 saturated carbocycles. The average Bonchev–Trinajstić information content (AvgIpc) is 2.17. The van der Waals surface area contributed by atoms with Crippen LogP contribution in [0.3, 0.4) is 0 Å². The molecule has 0 aromatic heterocycles. The summed E-state index contributed by atoms with van der Waals surface area (Å²) in [6.07, 6.45) is 0.999. The van der Waals surface area contributed by atoms with Gasteiger partial charge >= 0.3 is 6.03 Å². The predicted molar refractivity (Wildman–Crippen MR) is 62.5 cm³/mol. The Morgan fingerprint density at radius 1 is 1.40 bits per heavy atom. The maximum absolute atomic E-state index is 11.2. The van der Waals surface area contributed by atoms with Crippen molar-refractivity contribution in [1.82, 2.24) is 5.32 Å². The van der Waals surface area contributed by atoms with E-state index < -0.39 is 0 Å². The van der Waals surface area contributed by atoms with E-state index in [1.54, 1.807) is 0 Å². The van der Waals surface area contributed by atoms with Gasteiger partial charge in [-0.25, -0.2) is 9.79 Å². The fraction of sp³-hybridized carbons (Fsp3) is 0.818. The summed E-state index contributed by atoms with van der Waals surface area (Å²) >= 11 is 0. The van der Waals surface area contributed by atoms with E-state index in [0.29, 0.717) is 19.1 Å². The van der Waals surface area contributed by atoms with Gasteiger partial charge in [-0.1, -0.05) is 20.8 Å². The summed E-state index contributed by atoms with van der Waals surface area (Å²) in [7, 11) is 0. The molecule has 88 valence electrons. The van der Waals surface area contributed by atoms with Crippen LogP contribution in [0.2, 0.25) is 0 Å². The highest BCUT2D eigenvalue weighted by Crippen LogP contribution is 1.95. The first-order valence-corrected chi connectivity index (χ1v) is 5.48. The Hall–Kier alpha value is -0.900. The molecule has 0 bridgehead atoms. The molecule has 0 aromatic rings. The molecular weight excluding hydrogens is 192 g/mol. The van der Waals surface area contributed by atoms with Gasteiger partial charge in [-0.3, -0.25) is 0 Å². The molecule has 0 atom stereocenters. The van der Waals surface area contributed by atoms with Gasteiger partial charge in [-0.15, -0.1) is 0 Å². The van der Waals surface area contributed by atoms with Gasteiger partial charge in [0.25, 0.3) is 0 Å². The largest absolute Gasteiger partial charge is 0.380 e. The van der Waals surface area contributed by atoms with Crippen molar-refractivity contribution in [3.8, 4) is 0 Å². The molecule has 4 heteroatoms. The second-order valence-electron chi connectivity index (χ2n) is 3.75. The quantitative estimate of drug-likeness (QED) is 0.544. The summed E-state index contributed by atoms with van der Waals surface area (Å²) in [6.45, 7) is 9.74. The predicted octanol–water partition coefficient (Wildman–Crippen LogP) is 2.24. The summed E-state index contributed by atoms with van der Waals surface area (Å²) in [5, 5.41) is 2.68. The molecule has 2 amide bonds. The second kappa shape index (κ2) is 8.41. The van der Waals surface area contributed by atoms with Crippen molar-refractivity contribution in [2.24, 2.45) is 10.9 Å². The summed E-state index contributed by atoms with van der Waals surface area (Å²) in [4.78, 5) is 15.1. The second-order valence-corrected chi connectivity index (χ2v) is 3.75. The van der Waals surface area contributed by atoms with Crippen LogP contribution in [0.4, 0.5) is 4.79 Å². The van der Waals surface area contributed by atoms with Gasteiger partial charge < -0.3 is 10.1 Å². The van der Waals surface area contributed by atoms with Crippen LogP contribution in [0.15, 0.2) is 4.99 Å². The minimum atomic E-state index is -0.277. The third-order valence-electron chi connectivity index (χ3n) is 1.98. The highest BCUT2D eigenvalue weighted by Gasteiger charge is 2.01. The zero-order valence-corrected chi connectivity index (χ0v) is 10.2. The van der Waals surface area contributed by atoms with Gasteiger partial charge in [0.05, 0.1) is 6.61 Å². The molecule has 0 aliphatic carbocycles. The van der Waals surface area contributed by atoms with Crippen LogP contribution >= 0.6 is 0 Å². The summed E-state index contributed by atoms with van der Waals surface area (Å²) < 4.78 is 5.22. The number of rotatable bonds is 6. The van der Waals surface area contributed by atoms with Crippen LogP contribution in [0.25, 0.3) is 0 Å². The third-order valence-corrected chi connectivity index (χ3v) is 1.98. The average molecular weight is 214 g/mol. The lowest BCUT2D eigenvalue weighted by Crippen LogP contribution is -2.25. The van der Waals surface area contributed by atoms with Gasteiger partial charge in [0.1, 0.15) is 0 Å². The van der Waals surface area contributed by atoms with E-state index in [4.69, 9.17) is 4.74 Å². The van der Waals surface area contributed by atoms with E-state index in [1.807, 2.05) is 20.8 Å². The third kappa shape index (κ3) is 8.12. The van der Waals surface area contributed by atoms with Gasteiger partial charge in [-0.2, -0.15) is 0 Å². The number of amides is 2. The van der Waals surface area contributed by atoms with E-state index in [-0.39, 0.29) is 6.03 Å². The first-order valence-electron chi connectivity index (χ1n) is 5.48. The lowest BCUT2D eigenvalue weighted by Gasteiger charge is -2.05. The number of urea groups is 1. The molecule has 0 saturated heterocycles. The smallest absolute Gasteiger partial charge is 0.340 e. The highest BCUT2D eigenvalue weighted by molar-refractivity contribution is 5.94. The standard InChI is InChI=1S/C11H22N2O2/c1-5-7-15-8-6-12-11(14)13-10(4)9(2)3/h9H,5-8H2,1-4H3,(H,12,14). The monoisotopic (exact) mass is 214 g/mol. The molecule has 0 unspecified atom stereocenters. The molecule has 4 nitrogen and oxygen atoms in total. The van der Waals surface area contributed by atoms with E-state index in [1.165, 1.54) is 0 Å². The van der Waals surface area contributed by atoms with Gasteiger partial charge in [0.2, 0.25) is 0 Å². The molecule has 15 heavy (non-hydrogen) atoms. The molecular formula is C11H22N2O2. The molecule has 0 radical (unpaired) electrons. The first kappa shape index (κ1) is 14.1. The van der Waals surface area contributed by atoms with Crippen molar-refractivity contribution in [2.75, 3.05) is 19.8 Å². The number of nitrogens with zero attached hydrogens (tertiary/aromatic N) is 1. The summed E-state index contributed by atoms with van der Waals surface area (Å²) in [6, 6.07) is -0.277. The van der Waals surface area contributed by atoms with Gasteiger partial charge in [0, 0.05) is 18.9 Å². The van der Waals surface area contributed by atoms with Gasteiger partial charge in [-0.05, 0) is 19.3 Å². The van der Waals surface area contributed by atoms with E-state index >= 15 is 0 Å². The Labute approximate surface area is 92.1 Å². The van der Waals surface area contributed by atoms with Gasteiger partial charge in [0.15, 0.2) is 0 Å². The van der Waals surface area contributed by atoms with Crippen LogP contribution in [-0.4, -0.2) is 31.5 Å². The summed E-state index contributed by atoms with van der Waals surface area (Å²) in [5.41, 5.74) is 0.849. The number of nitrogens with one attached hydrogen (secondary N) is 1. The molecule has 0 aliphatic rings. The zero-order chi connectivity index (χ0) is 11.7. The van der Waals surface area contributed by atoms with Crippen LogP contribution in [-0.2, 0) is 4.74 Å². The van der Waals surface area contributed by atoms with Crippen LogP contribution in [0.1, 0.15) is 34.1 Å². The van der Waals surface area contributed by atoms with Crippen LogP contribution in [0, 0.1) is 5.92 Å². The number of ether oxygens (including phenoxy) is 1. The molecule has 0 fully saturated rings. The summed E-state index contributed by atoms with van der Waals surface area (Å²) in [5.74, 6) is 0.312. The van der Waals surface area contributed by atoms with E-state index in [2.05, 4.69) is 17.2 Å². The lowest BCUT2D eigenvalue weighted by molar-refractivity contribution is 0.137. The number of hydrogen-bond donors (Lipinski definition) is 1. The Balaban J connectivity index is 3.62. The van der Waals surface area contributed by atoms with Crippen LogP contribution < -0.4 is 5.32 Å². The maximum Gasteiger partial charge on any atom is 0.340 e. The SMILES string of the molecule is CCCOCCNC(=O)N=C(C)C(C)C. The fourth-order valence-electron chi connectivity index (χ4n) is 0.805. The van der Waals surface area contributed by atoms with Crippen molar-refractivity contribution in [3.63, 3.8) is 0 Å². The molecule has 0 aliphatic heterocycles. The number of hydrogen-bond acceptors (Lipinski definition) is 2. The highest BCUT2D eigenvalue weighted by atomic mass is 16.5. The van der Waals surface area contributed by atoms with Crippen molar-refractivity contribution in [2.45, 2.75) is 34.1 Å². The Morgan fingerprint density at radius 2 is 2.07 bits per heavy atom. The fourth-order valence-corrected chi connectivity index (χ4v) is 0.805. The topological polar surface area (TPSA) is 50.7 Å². The van der Waals surface area contributed by atoms with Crippen molar-refractivity contribution in [1.29, 1.82) is 0 Å². The molecule has 0 spiro atoms. The first-order chi connectivity index (χ1) is 7.07. The van der Waals surface area contributed by atoms with E-state index in [9.17, 15) is 4.79 Å². The number of aliphatic imine (C=N–C) groups is 1. The van der Waals surface area contributed by atoms with Crippen molar-refractivity contribution >= 4 is 11.7 Å². The minimum Gasteiger partial charge on any atom is -0.380 e. The Kier molecular flexibility index (Phi) is 7.91. The van der Waals surface area contributed by atoms with E-state index in [0.717, 1.165) is 18.7 Å². The normalized spacial score (nSPS) is 11.9. The maximum atomic E-state index is 11.2. The van der Waals surface area contributed by atoms with Crippen molar-refractivity contribution in [3.05, 3.63) is 0 Å². The molecule has 0 heterocycles. The molecule has 0 rings (SSSR count). The minimum absolute atomic E-state index is 0.277. The van der Waals surface area contributed by atoms with Crippen molar-refractivity contribution < 1.29 is 9.53 Å². The lowest BCUT2D eigenvalue weighted by atomic mass is 10.1. The van der Waals surface area contributed by atoms with Crippen LogP contribution in [0.5, 0.6) is 0 Å². The number of carbonyl (C=O) groups excluding carboxylic acids is 1. The molecule has 0 aromatic carbocycles.